The first kappa shape index (κ1) is 17.6. The maximum atomic E-state index is 12.3. The normalized spacial score (nSPS) is 11.6. The van der Waals surface area contributed by atoms with Crippen LogP contribution >= 0.6 is 11.8 Å². The number of nitrogens with zero attached hydrogens (tertiary/aromatic N) is 3. The monoisotopic (exact) mass is 380 g/mol. The van der Waals surface area contributed by atoms with E-state index in [2.05, 4.69) is 29.4 Å². The topological polar surface area (TPSA) is 72.4 Å². The van der Waals surface area contributed by atoms with Gasteiger partial charge in [-0.1, -0.05) is 37.7 Å². The molecule has 0 spiro atoms. The van der Waals surface area contributed by atoms with Crippen molar-refractivity contribution in [1.82, 2.24) is 14.6 Å². The number of aromatic nitrogens is 3. The third-order valence-corrected chi connectivity index (χ3v) is 5.42. The van der Waals surface area contributed by atoms with Gasteiger partial charge in [0.05, 0.1) is 23.0 Å². The third kappa shape index (κ3) is 3.42. The molecule has 1 N–H and O–H groups in total. The number of hydrogen-bond acceptors (Lipinski definition) is 5. The van der Waals surface area contributed by atoms with Gasteiger partial charge in [-0.2, -0.15) is 0 Å². The first-order valence-corrected chi connectivity index (χ1v) is 9.76. The molecule has 0 unspecified atom stereocenters. The van der Waals surface area contributed by atoms with Crippen LogP contribution < -0.4 is 5.32 Å². The molecular formula is C20H20N4O2S. The molecule has 0 aliphatic carbocycles. The van der Waals surface area contributed by atoms with E-state index in [-0.39, 0.29) is 11.7 Å². The van der Waals surface area contributed by atoms with Crippen molar-refractivity contribution in [3.8, 4) is 0 Å². The molecule has 0 aliphatic heterocycles. The highest BCUT2D eigenvalue weighted by Crippen LogP contribution is 2.28. The van der Waals surface area contributed by atoms with Crippen molar-refractivity contribution in [1.29, 1.82) is 0 Å². The molecule has 0 aliphatic rings. The summed E-state index contributed by atoms with van der Waals surface area (Å²) in [5, 5.41) is 12.1. The lowest BCUT2D eigenvalue weighted by atomic mass is 10.0. The molecule has 1 aromatic carbocycles. The lowest BCUT2D eigenvalue weighted by Gasteiger charge is -2.09. The van der Waals surface area contributed by atoms with Crippen LogP contribution in [-0.4, -0.2) is 26.3 Å². The average Bonchev–Trinajstić information content (AvgIpc) is 3.23. The predicted molar refractivity (Wildman–Crippen MR) is 107 cm³/mol. The number of carbonyl (C=O) groups excluding carboxylic acids is 1. The van der Waals surface area contributed by atoms with Gasteiger partial charge in [0.1, 0.15) is 10.9 Å². The van der Waals surface area contributed by atoms with Gasteiger partial charge in [-0.05, 0) is 30.5 Å². The van der Waals surface area contributed by atoms with E-state index in [4.69, 9.17) is 4.42 Å². The summed E-state index contributed by atoms with van der Waals surface area (Å²) in [5.41, 5.74) is 4.68. The van der Waals surface area contributed by atoms with Gasteiger partial charge in [-0.3, -0.25) is 9.20 Å². The molecule has 0 fully saturated rings. The summed E-state index contributed by atoms with van der Waals surface area (Å²) in [4.78, 5) is 12.3. The van der Waals surface area contributed by atoms with E-state index in [0.29, 0.717) is 10.9 Å². The molecule has 0 bridgehead atoms. The lowest BCUT2D eigenvalue weighted by Crippen LogP contribution is -2.14. The second-order valence-corrected chi connectivity index (χ2v) is 7.67. The zero-order valence-electron chi connectivity index (χ0n) is 15.4. The Morgan fingerprint density at radius 2 is 1.96 bits per heavy atom. The minimum Gasteiger partial charge on any atom is -0.463 e. The van der Waals surface area contributed by atoms with E-state index in [1.54, 1.807) is 6.26 Å². The summed E-state index contributed by atoms with van der Waals surface area (Å²) in [5.74, 6) is 1.43. The molecule has 27 heavy (non-hydrogen) atoms. The lowest BCUT2D eigenvalue weighted by molar-refractivity contribution is -0.113. The van der Waals surface area contributed by atoms with Crippen LogP contribution in [0.15, 0.2) is 52.1 Å². The van der Waals surface area contributed by atoms with Crippen LogP contribution in [-0.2, 0) is 4.79 Å². The van der Waals surface area contributed by atoms with Crippen LogP contribution in [0.2, 0.25) is 0 Å². The number of aryl methyl sites for hydroxylation is 1. The van der Waals surface area contributed by atoms with Gasteiger partial charge in [-0.15, -0.1) is 10.2 Å². The molecule has 4 rings (SSSR count). The zero-order valence-corrected chi connectivity index (χ0v) is 16.2. The first-order chi connectivity index (χ1) is 13.0. The number of anilines is 1. The standard InChI is InChI=1S/C20H20N4O2S/c1-12(2)14-4-6-15(7-5-14)21-19(25)11-27-20-17-10-18-16(8-9-26-18)24(17)13(3)22-23-20/h4-10,12H,11H2,1-3H3,(H,21,25). The summed E-state index contributed by atoms with van der Waals surface area (Å²) in [6, 6.07) is 11.8. The Morgan fingerprint density at radius 3 is 2.70 bits per heavy atom. The van der Waals surface area contributed by atoms with Crippen molar-refractivity contribution in [2.75, 3.05) is 11.1 Å². The number of furan rings is 1. The van der Waals surface area contributed by atoms with Gasteiger partial charge < -0.3 is 9.73 Å². The van der Waals surface area contributed by atoms with Crippen LogP contribution in [0.3, 0.4) is 0 Å². The Balaban J connectivity index is 1.48. The number of amides is 1. The zero-order chi connectivity index (χ0) is 19.0. The first-order valence-electron chi connectivity index (χ1n) is 8.77. The summed E-state index contributed by atoms with van der Waals surface area (Å²) >= 11 is 1.36. The number of hydrogen-bond donors (Lipinski definition) is 1. The fourth-order valence-electron chi connectivity index (χ4n) is 3.03. The molecule has 138 valence electrons. The van der Waals surface area contributed by atoms with Crippen molar-refractivity contribution in [3.05, 3.63) is 54.0 Å². The highest BCUT2D eigenvalue weighted by molar-refractivity contribution is 8.00. The van der Waals surface area contributed by atoms with E-state index < -0.39 is 0 Å². The molecule has 1 amide bonds. The highest BCUT2D eigenvalue weighted by atomic mass is 32.2. The van der Waals surface area contributed by atoms with Gasteiger partial charge in [0, 0.05) is 17.8 Å². The summed E-state index contributed by atoms with van der Waals surface area (Å²) in [6.45, 7) is 6.19. The number of fused-ring (bicyclic) bond motifs is 3. The molecule has 3 aromatic heterocycles. The number of nitrogens with one attached hydrogen (secondary N) is 1. The van der Waals surface area contributed by atoms with Crippen LogP contribution in [0.1, 0.15) is 31.2 Å². The van der Waals surface area contributed by atoms with Crippen molar-refractivity contribution in [3.63, 3.8) is 0 Å². The Labute approximate surface area is 161 Å². The van der Waals surface area contributed by atoms with Crippen LogP contribution in [0.5, 0.6) is 0 Å². The number of rotatable bonds is 5. The fraction of sp³-hybridized carbons (Fsp3) is 0.250. The summed E-state index contributed by atoms with van der Waals surface area (Å²) in [7, 11) is 0. The van der Waals surface area contributed by atoms with E-state index in [1.165, 1.54) is 17.3 Å². The fourth-order valence-corrected chi connectivity index (χ4v) is 3.77. The maximum Gasteiger partial charge on any atom is 0.234 e. The molecule has 3 heterocycles. The molecule has 0 radical (unpaired) electrons. The average molecular weight is 380 g/mol. The van der Waals surface area contributed by atoms with Crippen LogP contribution in [0.4, 0.5) is 5.69 Å². The van der Waals surface area contributed by atoms with Crippen LogP contribution in [0, 0.1) is 6.92 Å². The molecule has 6 nitrogen and oxygen atoms in total. The van der Waals surface area contributed by atoms with Gasteiger partial charge in [-0.25, -0.2) is 0 Å². The van der Waals surface area contributed by atoms with Crippen molar-refractivity contribution in [2.24, 2.45) is 0 Å². The largest absolute Gasteiger partial charge is 0.463 e. The van der Waals surface area contributed by atoms with Crippen molar-refractivity contribution >= 4 is 40.0 Å². The Bertz CT molecular complexity index is 1110. The van der Waals surface area contributed by atoms with E-state index >= 15 is 0 Å². The highest BCUT2D eigenvalue weighted by Gasteiger charge is 2.15. The minimum absolute atomic E-state index is 0.0759. The number of carbonyl (C=O) groups is 1. The van der Waals surface area contributed by atoms with Gasteiger partial charge in [0.15, 0.2) is 5.58 Å². The van der Waals surface area contributed by atoms with Gasteiger partial charge in [0.25, 0.3) is 0 Å². The second-order valence-electron chi connectivity index (χ2n) is 6.70. The quantitative estimate of drug-likeness (QED) is 0.511. The molecule has 4 aromatic rings. The SMILES string of the molecule is Cc1nnc(SCC(=O)Nc2ccc(C(C)C)cc2)c2cc3occc3n12. The predicted octanol–water partition coefficient (Wildman–Crippen LogP) is 4.64. The van der Waals surface area contributed by atoms with E-state index in [0.717, 1.165) is 28.1 Å². The Kier molecular flexibility index (Phi) is 4.61. The van der Waals surface area contributed by atoms with E-state index in [1.807, 2.05) is 47.7 Å². The molecule has 7 heteroatoms. The molecule has 0 saturated carbocycles. The Morgan fingerprint density at radius 1 is 1.19 bits per heavy atom. The third-order valence-electron chi connectivity index (χ3n) is 4.45. The minimum atomic E-state index is -0.0759. The van der Waals surface area contributed by atoms with E-state index in [9.17, 15) is 4.79 Å². The molecule has 0 atom stereocenters. The summed E-state index contributed by atoms with van der Waals surface area (Å²) < 4.78 is 7.48. The molecule has 0 saturated heterocycles. The summed E-state index contributed by atoms with van der Waals surface area (Å²) in [6.07, 6.45) is 1.65. The smallest absolute Gasteiger partial charge is 0.234 e. The van der Waals surface area contributed by atoms with Crippen LogP contribution in [0.25, 0.3) is 16.6 Å². The van der Waals surface area contributed by atoms with Crippen molar-refractivity contribution < 1.29 is 9.21 Å². The number of thioether (sulfide) groups is 1. The maximum absolute atomic E-state index is 12.3. The Hall–Kier alpha value is -2.80. The van der Waals surface area contributed by atoms with Crippen molar-refractivity contribution in [2.45, 2.75) is 31.7 Å². The van der Waals surface area contributed by atoms with Gasteiger partial charge >= 0.3 is 0 Å². The molecular weight excluding hydrogens is 360 g/mol. The number of benzene rings is 1. The van der Waals surface area contributed by atoms with Gasteiger partial charge in [0.2, 0.25) is 5.91 Å². The second kappa shape index (κ2) is 7.08.